The van der Waals surface area contributed by atoms with E-state index in [1.165, 1.54) is 0 Å². The van der Waals surface area contributed by atoms with Crippen LogP contribution in [-0.4, -0.2) is 18.6 Å². The molecule has 0 bridgehead atoms. The molecule has 0 atom stereocenters. The SMILES string of the molecule is O=S(=O)(F)Cc1ncon1. The van der Waals surface area contributed by atoms with Crippen LogP contribution in [0.15, 0.2) is 10.9 Å². The third-order valence-electron chi connectivity index (χ3n) is 0.708. The lowest BCUT2D eigenvalue weighted by atomic mass is 10.7. The maximum Gasteiger partial charge on any atom is 0.309 e. The van der Waals surface area contributed by atoms with E-state index in [2.05, 4.69) is 14.7 Å². The minimum Gasteiger partial charge on any atom is -0.343 e. The molecule has 1 heterocycles. The van der Waals surface area contributed by atoms with Crippen molar-refractivity contribution in [3.05, 3.63) is 12.2 Å². The topological polar surface area (TPSA) is 73.1 Å². The summed E-state index contributed by atoms with van der Waals surface area (Å²) in [6.07, 6.45) is 0.931. The van der Waals surface area contributed by atoms with Crippen molar-refractivity contribution in [3.8, 4) is 0 Å². The molecule has 0 spiro atoms. The van der Waals surface area contributed by atoms with Crippen LogP contribution in [0.5, 0.6) is 0 Å². The average Bonchev–Trinajstić information content (AvgIpc) is 2.12. The fourth-order valence-corrected chi connectivity index (χ4v) is 0.846. The molecular weight excluding hydrogens is 163 g/mol. The van der Waals surface area contributed by atoms with E-state index in [0.717, 1.165) is 6.39 Å². The van der Waals surface area contributed by atoms with Crippen LogP contribution in [-0.2, 0) is 16.0 Å². The minimum atomic E-state index is -4.53. The smallest absolute Gasteiger partial charge is 0.309 e. The quantitative estimate of drug-likeness (QED) is 0.572. The van der Waals surface area contributed by atoms with Crippen LogP contribution in [0.25, 0.3) is 0 Å². The van der Waals surface area contributed by atoms with Gasteiger partial charge in [0.15, 0.2) is 5.82 Å². The van der Waals surface area contributed by atoms with Crippen molar-refractivity contribution in [1.82, 2.24) is 10.1 Å². The summed E-state index contributed by atoms with van der Waals surface area (Å²) in [5.41, 5.74) is 0. The van der Waals surface area contributed by atoms with Gasteiger partial charge in [0, 0.05) is 0 Å². The summed E-state index contributed by atoms with van der Waals surface area (Å²) in [6, 6.07) is 0. The molecule has 0 aliphatic rings. The molecule has 0 N–H and O–H groups in total. The van der Waals surface area contributed by atoms with Crippen LogP contribution in [0.2, 0.25) is 0 Å². The van der Waals surface area contributed by atoms with Gasteiger partial charge in [-0.1, -0.05) is 5.16 Å². The summed E-state index contributed by atoms with van der Waals surface area (Å²) < 4.78 is 35.8. The van der Waals surface area contributed by atoms with Crippen LogP contribution in [0.3, 0.4) is 0 Å². The second-order valence-corrected chi connectivity index (χ2v) is 2.90. The lowest BCUT2D eigenvalue weighted by molar-refractivity contribution is 0.411. The predicted molar refractivity (Wildman–Crippen MR) is 28.0 cm³/mol. The third-order valence-corrected chi connectivity index (χ3v) is 1.31. The highest BCUT2D eigenvalue weighted by Crippen LogP contribution is 1.99. The minimum absolute atomic E-state index is 0.178. The fourth-order valence-electron chi connectivity index (χ4n) is 0.410. The number of nitrogens with zero attached hydrogens (tertiary/aromatic N) is 2. The van der Waals surface area contributed by atoms with Gasteiger partial charge < -0.3 is 4.52 Å². The first kappa shape index (κ1) is 7.13. The molecule has 56 valence electrons. The molecule has 0 fully saturated rings. The second kappa shape index (κ2) is 2.33. The van der Waals surface area contributed by atoms with Crippen LogP contribution >= 0.6 is 0 Å². The van der Waals surface area contributed by atoms with E-state index < -0.39 is 16.0 Å². The molecule has 0 saturated carbocycles. The summed E-state index contributed by atoms with van der Waals surface area (Å²) in [4.78, 5) is 3.30. The molecule has 10 heavy (non-hydrogen) atoms. The van der Waals surface area contributed by atoms with Crippen LogP contribution in [0.4, 0.5) is 3.89 Å². The second-order valence-electron chi connectivity index (χ2n) is 1.53. The summed E-state index contributed by atoms with van der Waals surface area (Å²) in [5, 5.41) is 3.10. The Morgan fingerprint density at radius 1 is 1.70 bits per heavy atom. The van der Waals surface area contributed by atoms with Gasteiger partial charge >= 0.3 is 10.2 Å². The van der Waals surface area contributed by atoms with Crippen molar-refractivity contribution in [1.29, 1.82) is 0 Å². The molecule has 0 radical (unpaired) electrons. The first-order chi connectivity index (χ1) is 4.58. The summed E-state index contributed by atoms with van der Waals surface area (Å²) >= 11 is 0. The Hall–Kier alpha value is -0.980. The molecule has 1 aromatic rings. The Labute approximate surface area is 56.1 Å². The largest absolute Gasteiger partial charge is 0.343 e. The maximum atomic E-state index is 11.8. The molecule has 0 saturated heterocycles. The first-order valence-electron chi connectivity index (χ1n) is 2.25. The van der Waals surface area contributed by atoms with Gasteiger partial charge in [-0.25, -0.2) is 0 Å². The van der Waals surface area contributed by atoms with E-state index in [0.29, 0.717) is 0 Å². The molecule has 0 unspecified atom stereocenters. The van der Waals surface area contributed by atoms with Gasteiger partial charge in [-0.05, 0) is 0 Å². The van der Waals surface area contributed by atoms with E-state index in [-0.39, 0.29) is 5.82 Å². The Bertz CT molecular complexity index is 292. The molecule has 0 aromatic carbocycles. The van der Waals surface area contributed by atoms with E-state index in [4.69, 9.17) is 0 Å². The zero-order valence-electron chi connectivity index (χ0n) is 4.69. The zero-order chi connectivity index (χ0) is 7.61. The number of hydrogen-bond donors (Lipinski definition) is 0. The molecular formula is C3H3FN2O3S. The molecule has 1 aromatic heterocycles. The highest BCUT2D eigenvalue weighted by Gasteiger charge is 2.11. The number of halogens is 1. The third kappa shape index (κ3) is 2.09. The van der Waals surface area contributed by atoms with Gasteiger partial charge in [0.1, 0.15) is 5.75 Å². The van der Waals surface area contributed by atoms with Crippen LogP contribution < -0.4 is 0 Å². The summed E-state index contributed by atoms with van der Waals surface area (Å²) in [5.74, 6) is -1.01. The van der Waals surface area contributed by atoms with E-state index in [1.807, 2.05) is 0 Å². The van der Waals surface area contributed by atoms with Crippen molar-refractivity contribution in [2.45, 2.75) is 5.75 Å². The van der Waals surface area contributed by atoms with Gasteiger partial charge in [-0.3, -0.25) is 0 Å². The van der Waals surface area contributed by atoms with Crippen molar-refractivity contribution >= 4 is 10.2 Å². The predicted octanol–water partition coefficient (Wildman–Crippen LogP) is -0.131. The van der Waals surface area contributed by atoms with Gasteiger partial charge in [0.25, 0.3) is 0 Å². The summed E-state index contributed by atoms with van der Waals surface area (Å²) in [7, 11) is -4.53. The van der Waals surface area contributed by atoms with Gasteiger partial charge in [0.05, 0.1) is 0 Å². The Balaban J connectivity index is 2.75. The Kier molecular flexibility index (Phi) is 1.66. The van der Waals surface area contributed by atoms with Gasteiger partial charge in [-0.15, -0.1) is 3.89 Å². The normalized spacial score (nSPS) is 11.7. The van der Waals surface area contributed by atoms with Crippen LogP contribution in [0, 0.1) is 0 Å². The van der Waals surface area contributed by atoms with Crippen molar-refractivity contribution in [2.24, 2.45) is 0 Å². The molecule has 0 aliphatic heterocycles. The Morgan fingerprint density at radius 2 is 2.40 bits per heavy atom. The van der Waals surface area contributed by atoms with E-state index in [9.17, 15) is 12.3 Å². The van der Waals surface area contributed by atoms with Gasteiger partial charge in [0.2, 0.25) is 6.39 Å². The van der Waals surface area contributed by atoms with Crippen molar-refractivity contribution in [3.63, 3.8) is 0 Å². The van der Waals surface area contributed by atoms with Crippen molar-refractivity contribution in [2.75, 3.05) is 0 Å². The fraction of sp³-hybridized carbons (Fsp3) is 0.333. The standard InChI is InChI=1S/C3H3FN2O3S/c4-10(7,8)1-3-5-2-9-6-3/h2H,1H2. The monoisotopic (exact) mass is 166 g/mol. The maximum absolute atomic E-state index is 11.8. The molecule has 0 aliphatic carbocycles. The summed E-state index contributed by atoms with van der Waals surface area (Å²) in [6.45, 7) is 0. The van der Waals surface area contributed by atoms with E-state index in [1.54, 1.807) is 0 Å². The molecule has 5 nitrogen and oxygen atoms in total. The zero-order valence-corrected chi connectivity index (χ0v) is 5.51. The van der Waals surface area contributed by atoms with E-state index >= 15 is 0 Å². The lowest BCUT2D eigenvalue weighted by Gasteiger charge is -1.83. The number of aromatic nitrogens is 2. The highest BCUT2D eigenvalue weighted by molar-refractivity contribution is 7.85. The average molecular weight is 166 g/mol. The highest BCUT2D eigenvalue weighted by atomic mass is 32.3. The van der Waals surface area contributed by atoms with Crippen LogP contribution in [0.1, 0.15) is 5.82 Å². The molecule has 1 rings (SSSR count). The van der Waals surface area contributed by atoms with Gasteiger partial charge in [-0.2, -0.15) is 13.4 Å². The number of hydrogen-bond acceptors (Lipinski definition) is 5. The van der Waals surface area contributed by atoms with Crippen molar-refractivity contribution < 1.29 is 16.8 Å². The number of rotatable bonds is 2. The Morgan fingerprint density at radius 3 is 2.80 bits per heavy atom. The lowest BCUT2D eigenvalue weighted by Crippen LogP contribution is -1.97. The molecule has 0 amide bonds. The first-order valence-corrected chi connectivity index (χ1v) is 3.81. The molecule has 7 heteroatoms.